The third-order valence-electron chi connectivity index (χ3n) is 4.67. The van der Waals surface area contributed by atoms with Gasteiger partial charge in [-0.3, -0.25) is 20.0 Å². The number of para-hydroxylation sites is 2. The molecule has 29 heavy (non-hydrogen) atoms. The molecular formula is C21H15N5O3. The van der Waals surface area contributed by atoms with E-state index < -0.39 is 0 Å². The third kappa shape index (κ3) is 2.96. The predicted octanol–water partition coefficient (Wildman–Crippen LogP) is 3.17. The van der Waals surface area contributed by atoms with Crippen molar-refractivity contribution in [2.24, 2.45) is 0 Å². The maximum Gasteiger partial charge on any atom is 0.249 e. The van der Waals surface area contributed by atoms with Crippen LogP contribution < -0.4 is 10.7 Å². The van der Waals surface area contributed by atoms with Crippen LogP contribution in [0.5, 0.6) is 0 Å². The summed E-state index contributed by atoms with van der Waals surface area (Å²) in [7, 11) is 0. The van der Waals surface area contributed by atoms with Gasteiger partial charge in [-0.1, -0.05) is 24.3 Å². The van der Waals surface area contributed by atoms with Crippen LogP contribution in [0, 0.1) is 0 Å². The molecule has 0 saturated carbocycles. The van der Waals surface area contributed by atoms with Crippen LogP contribution in [0.15, 0.2) is 76.1 Å². The Labute approximate surface area is 163 Å². The molecule has 0 fully saturated rings. The molecule has 2 N–H and O–H groups in total. The number of furan rings is 1. The normalized spacial score (nSPS) is 11.2. The highest BCUT2D eigenvalue weighted by Crippen LogP contribution is 2.20. The highest BCUT2D eigenvalue weighted by Gasteiger charge is 2.15. The maximum atomic E-state index is 12.8. The Kier molecular flexibility index (Phi) is 3.94. The maximum absolute atomic E-state index is 12.8. The average molecular weight is 385 g/mol. The minimum atomic E-state index is -0.311. The van der Waals surface area contributed by atoms with Crippen LogP contribution >= 0.6 is 0 Å². The zero-order chi connectivity index (χ0) is 19.8. The molecule has 1 amide bonds. The molecule has 8 heteroatoms. The molecule has 0 aliphatic rings. The van der Waals surface area contributed by atoms with Gasteiger partial charge in [-0.15, -0.1) is 5.10 Å². The van der Waals surface area contributed by atoms with Gasteiger partial charge in [0, 0.05) is 10.8 Å². The van der Waals surface area contributed by atoms with Crippen molar-refractivity contribution in [1.29, 1.82) is 0 Å². The van der Waals surface area contributed by atoms with Crippen molar-refractivity contribution in [3.63, 3.8) is 0 Å². The van der Waals surface area contributed by atoms with E-state index >= 15 is 0 Å². The van der Waals surface area contributed by atoms with E-state index in [1.165, 1.54) is 6.26 Å². The SMILES string of the molecule is O=C(Cn1c2ccccc2c(=O)c2ccccc21)Nc1n[nH]c(-c2ccco2)n1. The Hall–Kier alpha value is -4.20. The van der Waals surface area contributed by atoms with Gasteiger partial charge in [0.1, 0.15) is 6.54 Å². The van der Waals surface area contributed by atoms with Crippen molar-refractivity contribution >= 4 is 33.7 Å². The molecule has 3 heterocycles. The smallest absolute Gasteiger partial charge is 0.249 e. The summed E-state index contributed by atoms with van der Waals surface area (Å²) in [6, 6.07) is 18.0. The van der Waals surface area contributed by atoms with Crippen molar-refractivity contribution in [3.8, 4) is 11.6 Å². The topological polar surface area (TPSA) is 106 Å². The zero-order valence-electron chi connectivity index (χ0n) is 15.1. The first kappa shape index (κ1) is 16.9. The van der Waals surface area contributed by atoms with Crippen LogP contribution in [0.25, 0.3) is 33.4 Å². The van der Waals surface area contributed by atoms with Crippen LogP contribution in [0.1, 0.15) is 0 Å². The fraction of sp³-hybridized carbons (Fsp3) is 0.0476. The van der Waals surface area contributed by atoms with Crippen LogP contribution in [0.4, 0.5) is 5.95 Å². The number of pyridine rings is 1. The van der Waals surface area contributed by atoms with E-state index in [2.05, 4.69) is 20.5 Å². The summed E-state index contributed by atoms with van der Waals surface area (Å²) in [5.41, 5.74) is 1.33. The number of carbonyl (C=O) groups is 1. The lowest BCUT2D eigenvalue weighted by Crippen LogP contribution is -2.22. The summed E-state index contributed by atoms with van der Waals surface area (Å²) in [5, 5.41) is 10.5. The first-order chi connectivity index (χ1) is 14.2. The lowest BCUT2D eigenvalue weighted by molar-refractivity contribution is -0.116. The second kappa shape index (κ2) is 6.75. The first-order valence-electron chi connectivity index (χ1n) is 8.97. The second-order valence-electron chi connectivity index (χ2n) is 6.48. The third-order valence-corrected chi connectivity index (χ3v) is 4.67. The quantitative estimate of drug-likeness (QED) is 0.462. The number of benzene rings is 2. The number of aromatic nitrogens is 4. The Morgan fingerprint density at radius 3 is 2.34 bits per heavy atom. The zero-order valence-corrected chi connectivity index (χ0v) is 15.1. The minimum Gasteiger partial charge on any atom is -0.461 e. The monoisotopic (exact) mass is 385 g/mol. The number of nitrogens with zero attached hydrogens (tertiary/aromatic N) is 3. The first-order valence-corrected chi connectivity index (χ1v) is 8.97. The molecule has 5 aromatic rings. The number of carbonyl (C=O) groups excluding carboxylic acids is 1. The molecule has 0 radical (unpaired) electrons. The molecule has 3 aromatic heterocycles. The average Bonchev–Trinajstić information content (AvgIpc) is 3.43. The van der Waals surface area contributed by atoms with Crippen molar-refractivity contribution in [3.05, 3.63) is 77.2 Å². The van der Waals surface area contributed by atoms with Gasteiger partial charge in [-0.2, -0.15) is 4.98 Å². The van der Waals surface area contributed by atoms with Gasteiger partial charge < -0.3 is 8.98 Å². The molecule has 0 aliphatic heterocycles. The van der Waals surface area contributed by atoms with E-state index in [1.807, 2.05) is 41.0 Å². The molecular weight excluding hydrogens is 370 g/mol. The Bertz CT molecular complexity index is 1340. The van der Waals surface area contributed by atoms with Gasteiger partial charge in [0.2, 0.25) is 11.9 Å². The number of rotatable bonds is 4. The summed E-state index contributed by atoms with van der Waals surface area (Å²) < 4.78 is 7.08. The van der Waals surface area contributed by atoms with Crippen LogP contribution in [-0.2, 0) is 11.3 Å². The van der Waals surface area contributed by atoms with Crippen LogP contribution in [0.2, 0.25) is 0 Å². The van der Waals surface area contributed by atoms with Gasteiger partial charge in [0.15, 0.2) is 17.0 Å². The molecule has 8 nitrogen and oxygen atoms in total. The van der Waals surface area contributed by atoms with Gasteiger partial charge in [-0.05, 0) is 36.4 Å². The van der Waals surface area contributed by atoms with E-state index in [4.69, 9.17) is 4.42 Å². The Balaban J connectivity index is 1.50. The lowest BCUT2D eigenvalue weighted by atomic mass is 10.1. The number of hydrogen-bond donors (Lipinski definition) is 2. The Morgan fingerprint density at radius 1 is 1.00 bits per heavy atom. The number of H-pyrrole nitrogens is 1. The number of anilines is 1. The number of amides is 1. The molecule has 0 saturated heterocycles. The van der Waals surface area contributed by atoms with Gasteiger partial charge in [0.25, 0.3) is 0 Å². The van der Waals surface area contributed by atoms with Gasteiger partial charge >= 0.3 is 0 Å². The molecule has 0 unspecified atom stereocenters. The Morgan fingerprint density at radius 2 is 1.69 bits per heavy atom. The summed E-state index contributed by atoms with van der Waals surface area (Å²) >= 11 is 0. The summed E-state index contributed by atoms with van der Waals surface area (Å²) in [5.74, 6) is 0.782. The molecule has 0 aliphatic carbocycles. The molecule has 0 bridgehead atoms. The van der Waals surface area contributed by atoms with E-state index in [0.29, 0.717) is 33.4 Å². The number of nitrogens with one attached hydrogen (secondary N) is 2. The van der Waals surface area contributed by atoms with Crippen LogP contribution in [-0.4, -0.2) is 25.7 Å². The predicted molar refractivity (Wildman–Crippen MR) is 108 cm³/mol. The minimum absolute atomic E-state index is 0.00588. The molecule has 5 rings (SSSR count). The standard InChI is InChI=1S/C21H15N5O3/c27-18(22-21-23-20(24-25-21)17-10-5-11-29-17)12-26-15-8-3-1-6-13(15)19(28)14-7-2-4-9-16(14)26/h1-11H,12H2,(H2,22,23,24,25,27). The summed E-state index contributed by atoms with van der Waals surface area (Å²) in [6.45, 7) is 0.00588. The van der Waals surface area contributed by atoms with Crippen molar-refractivity contribution in [2.45, 2.75) is 6.54 Å². The fourth-order valence-electron chi connectivity index (χ4n) is 3.40. The molecule has 0 atom stereocenters. The fourth-order valence-corrected chi connectivity index (χ4v) is 3.40. The van der Waals surface area contributed by atoms with Crippen LogP contribution in [0.3, 0.4) is 0 Å². The number of hydrogen-bond acceptors (Lipinski definition) is 5. The lowest BCUT2D eigenvalue weighted by Gasteiger charge is -2.14. The van der Waals surface area contributed by atoms with Crippen molar-refractivity contribution in [2.75, 3.05) is 5.32 Å². The number of aromatic amines is 1. The van der Waals surface area contributed by atoms with Crippen molar-refractivity contribution in [1.82, 2.24) is 19.7 Å². The molecule has 0 spiro atoms. The highest BCUT2D eigenvalue weighted by molar-refractivity contribution is 5.96. The van der Waals surface area contributed by atoms with E-state index in [1.54, 1.807) is 24.3 Å². The molecule has 142 valence electrons. The van der Waals surface area contributed by atoms with E-state index in [0.717, 1.165) is 0 Å². The molecule has 2 aromatic carbocycles. The van der Waals surface area contributed by atoms with Gasteiger partial charge in [0.05, 0.1) is 17.3 Å². The van der Waals surface area contributed by atoms with E-state index in [-0.39, 0.29) is 23.8 Å². The highest BCUT2D eigenvalue weighted by atomic mass is 16.3. The summed E-state index contributed by atoms with van der Waals surface area (Å²) in [6.07, 6.45) is 1.53. The van der Waals surface area contributed by atoms with E-state index in [9.17, 15) is 9.59 Å². The summed E-state index contributed by atoms with van der Waals surface area (Å²) in [4.78, 5) is 29.7. The number of fused-ring (bicyclic) bond motifs is 2. The van der Waals surface area contributed by atoms with Crippen molar-refractivity contribution < 1.29 is 9.21 Å². The van der Waals surface area contributed by atoms with Gasteiger partial charge in [-0.25, -0.2) is 0 Å². The largest absolute Gasteiger partial charge is 0.461 e. The second-order valence-corrected chi connectivity index (χ2v) is 6.48.